The number of nitrogens with one attached hydrogen (secondary N) is 1. The van der Waals surface area contributed by atoms with Crippen molar-refractivity contribution in [1.29, 1.82) is 0 Å². The zero-order valence-corrected chi connectivity index (χ0v) is 23.3. The molecule has 1 amide bonds. The van der Waals surface area contributed by atoms with E-state index in [0.29, 0.717) is 13.1 Å². The Morgan fingerprint density at radius 1 is 0.951 bits per heavy atom. The fraction of sp³-hybridized carbons (Fsp3) is 0.250. The van der Waals surface area contributed by atoms with Gasteiger partial charge in [0.15, 0.2) is 5.69 Å². The van der Waals surface area contributed by atoms with Crippen LogP contribution < -0.4 is 10.9 Å². The molecule has 4 aromatic rings. The van der Waals surface area contributed by atoms with Gasteiger partial charge in [-0.05, 0) is 37.5 Å². The maximum atomic E-state index is 13.7. The van der Waals surface area contributed by atoms with Crippen molar-refractivity contribution >= 4 is 18.3 Å². The molecule has 9 nitrogen and oxygen atoms in total. The molecule has 41 heavy (non-hydrogen) atoms. The lowest BCUT2D eigenvalue weighted by Crippen LogP contribution is -2.49. The van der Waals surface area contributed by atoms with Crippen LogP contribution in [0.4, 0.5) is 5.95 Å². The predicted octanol–water partition coefficient (Wildman–Crippen LogP) is 4.81. The Morgan fingerprint density at radius 3 is 2.00 bits per heavy atom. The van der Waals surface area contributed by atoms with Crippen LogP contribution in [0.25, 0.3) is 0 Å². The van der Waals surface area contributed by atoms with Gasteiger partial charge in [0.1, 0.15) is 0 Å². The summed E-state index contributed by atoms with van der Waals surface area (Å²) < 4.78 is 1.75. The summed E-state index contributed by atoms with van der Waals surface area (Å²) in [6.45, 7) is 6.46. The van der Waals surface area contributed by atoms with Gasteiger partial charge in [-0.2, -0.15) is 4.98 Å². The second-order valence-electron chi connectivity index (χ2n) is 10.2. The highest BCUT2D eigenvalue weighted by molar-refractivity contribution is 5.96. The Kier molecular flexibility index (Phi) is 9.19. The second kappa shape index (κ2) is 13.0. The van der Waals surface area contributed by atoms with Crippen LogP contribution in [-0.2, 0) is 11.3 Å². The number of benzene rings is 3. The van der Waals surface area contributed by atoms with Gasteiger partial charge >= 0.3 is 5.56 Å². The van der Waals surface area contributed by atoms with Gasteiger partial charge in [0.05, 0.1) is 6.04 Å². The first-order valence-electron chi connectivity index (χ1n) is 13.4. The number of rotatable bonds is 7. The molecule has 0 saturated heterocycles. The van der Waals surface area contributed by atoms with Gasteiger partial charge in [0.2, 0.25) is 11.7 Å². The summed E-state index contributed by atoms with van der Waals surface area (Å²) in [6.07, 6.45) is 0. The highest BCUT2D eigenvalue weighted by Gasteiger charge is 2.41. The largest absolute Gasteiger partial charge is 0.501 e. The minimum absolute atomic E-state index is 0.0294. The van der Waals surface area contributed by atoms with Crippen molar-refractivity contribution in [3.8, 4) is 5.75 Å². The average Bonchev–Trinajstić information content (AvgIpc) is 2.97. The first kappa shape index (κ1) is 29.1. The number of aromatic nitrogens is 2. The van der Waals surface area contributed by atoms with E-state index in [9.17, 15) is 14.7 Å². The first-order chi connectivity index (χ1) is 19.8. The standard InChI is InChI=1S/C31H32N4O3.CH2O2/c1-20(2)34-19-25(26(23-10-6-4-7-11-23)24-12-8-5-9-13-24)35-27(30(34)38)28(36)29(37)33-31(35)32-18-22-16-14-21(3)15-17-22;2-1-3/h4-17,20,25-26,36H,18-19H2,1-3H3,(H,32,33,37);1H,(H,2,3)/t25-;/m1./s1. The van der Waals surface area contributed by atoms with E-state index in [2.05, 4.69) is 34.6 Å². The van der Waals surface area contributed by atoms with Crippen LogP contribution >= 0.6 is 0 Å². The first-order valence-corrected chi connectivity index (χ1v) is 13.4. The van der Waals surface area contributed by atoms with E-state index in [-0.39, 0.29) is 42.0 Å². The van der Waals surface area contributed by atoms with E-state index in [1.54, 1.807) is 9.47 Å². The molecule has 1 aliphatic heterocycles. The number of anilines is 1. The summed E-state index contributed by atoms with van der Waals surface area (Å²) in [5.41, 5.74) is 3.44. The number of hydrogen-bond donors (Lipinski definition) is 3. The fourth-order valence-electron chi connectivity index (χ4n) is 5.22. The topological polar surface area (TPSA) is 125 Å². The number of hydrogen-bond acceptors (Lipinski definition) is 6. The Morgan fingerprint density at radius 2 is 1.49 bits per heavy atom. The lowest BCUT2D eigenvalue weighted by molar-refractivity contribution is -0.122. The normalized spacial score (nSPS) is 14.3. The zero-order chi connectivity index (χ0) is 29.5. The highest BCUT2D eigenvalue weighted by Crippen LogP contribution is 2.41. The van der Waals surface area contributed by atoms with E-state index in [1.165, 1.54) is 0 Å². The third kappa shape index (κ3) is 6.30. The molecule has 0 fully saturated rings. The Bertz CT molecular complexity index is 1500. The van der Waals surface area contributed by atoms with Crippen molar-refractivity contribution in [3.05, 3.63) is 123 Å². The molecule has 212 valence electrons. The van der Waals surface area contributed by atoms with Gasteiger partial charge in [-0.1, -0.05) is 90.5 Å². The summed E-state index contributed by atoms with van der Waals surface area (Å²) in [7, 11) is 0. The number of carbonyl (C=O) groups is 2. The van der Waals surface area contributed by atoms with Crippen LogP contribution in [0.15, 0.2) is 89.7 Å². The highest BCUT2D eigenvalue weighted by atomic mass is 16.3. The van der Waals surface area contributed by atoms with Crippen LogP contribution in [0, 0.1) is 6.92 Å². The van der Waals surface area contributed by atoms with Gasteiger partial charge in [-0.3, -0.25) is 19.0 Å². The summed E-state index contributed by atoms with van der Waals surface area (Å²) in [6, 6.07) is 27.8. The average molecular weight is 555 g/mol. The third-order valence-electron chi connectivity index (χ3n) is 7.18. The van der Waals surface area contributed by atoms with E-state index >= 15 is 0 Å². The quantitative estimate of drug-likeness (QED) is 0.280. The summed E-state index contributed by atoms with van der Waals surface area (Å²) in [5, 5.41) is 21.1. The molecule has 1 atom stereocenters. The second-order valence-corrected chi connectivity index (χ2v) is 10.2. The van der Waals surface area contributed by atoms with Crippen LogP contribution in [-0.4, -0.2) is 49.6 Å². The summed E-state index contributed by atoms with van der Waals surface area (Å²) in [4.78, 5) is 40.8. The number of carboxylic acid groups (broad SMARTS) is 1. The molecule has 2 heterocycles. The number of nitrogens with zero attached hydrogens (tertiary/aromatic N) is 3. The minimum atomic E-state index is -0.823. The number of aryl methyl sites for hydroxylation is 1. The van der Waals surface area contributed by atoms with Crippen molar-refractivity contribution in [2.24, 2.45) is 0 Å². The third-order valence-corrected chi connectivity index (χ3v) is 7.18. The molecule has 9 heteroatoms. The Hall–Kier alpha value is -4.92. The van der Waals surface area contributed by atoms with Gasteiger partial charge in [-0.15, -0.1) is 0 Å². The predicted molar refractivity (Wildman–Crippen MR) is 157 cm³/mol. The summed E-state index contributed by atoms with van der Waals surface area (Å²) >= 11 is 0. The van der Waals surface area contributed by atoms with E-state index in [4.69, 9.17) is 9.90 Å². The van der Waals surface area contributed by atoms with Crippen LogP contribution in [0.1, 0.15) is 58.5 Å². The lowest BCUT2D eigenvalue weighted by atomic mass is 9.83. The SMILES string of the molecule is Cc1ccc(CNc2nc(=O)c(O)c3n2[C@@H](C(c2ccccc2)c2ccccc2)CN(C(C)C)C3=O)cc1.O=CO. The number of aromatic hydroxyl groups is 1. The maximum Gasteiger partial charge on any atom is 0.317 e. The van der Waals surface area contributed by atoms with Crippen LogP contribution in [0.2, 0.25) is 0 Å². The number of amides is 1. The smallest absolute Gasteiger partial charge is 0.317 e. The molecule has 0 bridgehead atoms. The molecule has 0 spiro atoms. The molecule has 3 aromatic carbocycles. The molecular weight excluding hydrogens is 520 g/mol. The molecule has 0 radical (unpaired) electrons. The molecule has 0 unspecified atom stereocenters. The van der Waals surface area contributed by atoms with Crippen molar-refractivity contribution < 1.29 is 19.8 Å². The number of carbonyl (C=O) groups excluding carboxylic acids is 1. The Labute approximate surface area is 238 Å². The van der Waals surface area contributed by atoms with Crippen molar-refractivity contribution in [1.82, 2.24) is 14.5 Å². The molecule has 0 saturated carbocycles. The van der Waals surface area contributed by atoms with Crippen LogP contribution in [0.5, 0.6) is 5.75 Å². The van der Waals surface area contributed by atoms with E-state index < -0.39 is 11.3 Å². The van der Waals surface area contributed by atoms with Crippen molar-refractivity contribution in [3.63, 3.8) is 0 Å². The monoisotopic (exact) mass is 554 g/mol. The maximum absolute atomic E-state index is 13.7. The van der Waals surface area contributed by atoms with Crippen LogP contribution in [0.3, 0.4) is 0 Å². The van der Waals surface area contributed by atoms with Gasteiger partial charge in [0.25, 0.3) is 12.4 Å². The molecule has 5 rings (SSSR count). The van der Waals surface area contributed by atoms with Gasteiger partial charge < -0.3 is 20.4 Å². The van der Waals surface area contributed by atoms with E-state index in [0.717, 1.165) is 22.3 Å². The molecular formula is C32H34N4O5. The van der Waals surface area contributed by atoms with E-state index in [1.807, 2.05) is 81.4 Å². The van der Waals surface area contributed by atoms with Gasteiger partial charge in [0, 0.05) is 25.0 Å². The fourth-order valence-corrected chi connectivity index (χ4v) is 5.22. The molecule has 3 N–H and O–H groups in total. The lowest BCUT2D eigenvalue weighted by Gasteiger charge is -2.42. The minimum Gasteiger partial charge on any atom is -0.501 e. The Balaban J connectivity index is 0.00000124. The van der Waals surface area contributed by atoms with Gasteiger partial charge in [-0.25, -0.2) is 0 Å². The number of fused-ring (bicyclic) bond motifs is 1. The molecule has 1 aliphatic rings. The van der Waals surface area contributed by atoms with Crippen molar-refractivity contribution in [2.45, 2.75) is 45.3 Å². The van der Waals surface area contributed by atoms with Crippen molar-refractivity contribution in [2.75, 3.05) is 11.9 Å². The summed E-state index contributed by atoms with van der Waals surface area (Å²) in [5.74, 6) is -0.909. The molecule has 0 aliphatic carbocycles. The molecule has 1 aromatic heterocycles. The zero-order valence-electron chi connectivity index (χ0n) is 23.3.